The van der Waals surface area contributed by atoms with E-state index < -0.39 is 11.8 Å². The van der Waals surface area contributed by atoms with Crippen molar-refractivity contribution in [1.29, 1.82) is 0 Å². The number of nitrogens with zero attached hydrogens (tertiary/aromatic N) is 1. The van der Waals surface area contributed by atoms with Crippen molar-refractivity contribution < 1.29 is 9.59 Å². The molecule has 0 radical (unpaired) electrons. The van der Waals surface area contributed by atoms with Crippen LogP contribution in [0.2, 0.25) is 0 Å². The Morgan fingerprint density at radius 2 is 1.58 bits per heavy atom. The van der Waals surface area contributed by atoms with Crippen LogP contribution in [0.3, 0.4) is 0 Å². The largest absolute Gasteiger partial charge is 0.344 e. The zero-order valence-electron chi connectivity index (χ0n) is 13.9. The zero-order valence-corrected chi connectivity index (χ0v) is 13.9. The van der Waals surface area contributed by atoms with Crippen molar-refractivity contribution in [2.75, 3.05) is 0 Å². The van der Waals surface area contributed by atoms with E-state index in [9.17, 15) is 9.59 Å². The van der Waals surface area contributed by atoms with E-state index in [4.69, 9.17) is 0 Å². The van der Waals surface area contributed by atoms with E-state index >= 15 is 0 Å². The summed E-state index contributed by atoms with van der Waals surface area (Å²) in [6.07, 6.45) is 2.47. The van der Waals surface area contributed by atoms with Crippen molar-refractivity contribution >= 4 is 18.0 Å². The van der Waals surface area contributed by atoms with Gasteiger partial charge in [-0.3, -0.25) is 9.59 Å². The van der Waals surface area contributed by atoms with Crippen molar-refractivity contribution in [3.8, 4) is 0 Å². The summed E-state index contributed by atoms with van der Waals surface area (Å²) in [5.41, 5.74) is 6.38. The maximum atomic E-state index is 11.7. The van der Waals surface area contributed by atoms with Gasteiger partial charge in [0.15, 0.2) is 0 Å². The molecule has 2 rings (SSSR count). The Morgan fingerprint density at radius 3 is 2.21 bits per heavy atom. The molecule has 124 valence electrons. The summed E-state index contributed by atoms with van der Waals surface area (Å²) in [6, 6.07) is 15.5. The van der Waals surface area contributed by atoms with Crippen LogP contribution in [0.5, 0.6) is 0 Å². The van der Waals surface area contributed by atoms with Gasteiger partial charge in [-0.2, -0.15) is 5.10 Å². The number of hydrogen-bond acceptors (Lipinski definition) is 3. The van der Waals surface area contributed by atoms with Crippen molar-refractivity contribution in [3.63, 3.8) is 0 Å². The maximum Gasteiger partial charge on any atom is 0.329 e. The molecule has 0 spiro atoms. The molecule has 0 aliphatic rings. The van der Waals surface area contributed by atoms with Gasteiger partial charge < -0.3 is 5.32 Å². The maximum absolute atomic E-state index is 11.7. The standard InChI is InChI=1S/C19H21N3O2/c1-3-15-8-10-17(11-9-15)13-21-22-19(24)18(23)20-12-16-6-4-14(2)5-7-16/h4-11,13H,3,12H2,1-2H3,(H,20,23)(H,22,24)/b21-13+. The van der Waals surface area contributed by atoms with E-state index in [0.29, 0.717) is 6.54 Å². The highest BCUT2D eigenvalue weighted by Gasteiger charge is 2.11. The highest BCUT2D eigenvalue weighted by atomic mass is 16.2. The fourth-order valence-electron chi connectivity index (χ4n) is 2.02. The molecule has 0 atom stereocenters. The predicted molar refractivity (Wildman–Crippen MR) is 94.6 cm³/mol. The average molecular weight is 323 g/mol. The Labute approximate surface area is 141 Å². The molecule has 2 aromatic rings. The van der Waals surface area contributed by atoms with Crippen LogP contribution in [0.1, 0.15) is 29.2 Å². The van der Waals surface area contributed by atoms with Crippen LogP contribution in [0.25, 0.3) is 0 Å². The molecule has 0 bridgehead atoms. The number of rotatable bonds is 5. The van der Waals surface area contributed by atoms with Gasteiger partial charge in [-0.15, -0.1) is 0 Å². The van der Waals surface area contributed by atoms with Gasteiger partial charge in [-0.25, -0.2) is 5.43 Å². The Morgan fingerprint density at radius 1 is 0.958 bits per heavy atom. The predicted octanol–water partition coefficient (Wildman–Crippen LogP) is 2.32. The molecule has 0 unspecified atom stereocenters. The molecule has 0 heterocycles. The van der Waals surface area contributed by atoms with Gasteiger partial charge >= 0.3 is 11.8 Å². The first-order chi connectivity index (χ1) is 11.6. The molecule has 0 aromatic heterocycles. The van der Waals surface area contributed by atoms with E-state index in [1.807, 2.05) is 55.5 Å². The number of aryl methyl sites for hydroxylation is 2. The highest BCUT2D eigenvalue weighted by Crippen LogP contribution is 2.03. The molecular formula is C19H21N3O2. The quantitative estimate of drug-likeness (QED) is 0.504. The van der Waals surface area contributed by atoms with Gasteiger partial charge in [0.2, 0.25) is 0 Å². The van der Waals surface area contributed by atoms with Crippen molar-refractivity contribution in [1.82, 2.24) is 10.7 Å². The zero-order chi connectivity index (χ0) is 17.4. The third-order valence-electron chi connectivity index (χ3n) is 3.55. The lowest BCUT2D eigenvalue weighted by molar-refractivity contribution is -0.139. The first kappa shape index (κ1) is 17.4. The molecule has 5 heteroatoms. The van der Waals surface area contributed by atoms with Gasteiger partial charge in [0, 0.05) is 6.54 Å². The molecule has 2 N–H and O–H groups in total. The van der Waals surface area contributed by atoms with Crippen LogP contribution in [-0.2, 0) is 22.6 Å². The monoisotopic (exact) mass is 323 g/mol. The SMILES string of the molecule is CCc1ccc(/C=N/NC(=O)C(=O)NCc2ccc(C)cc2)cc1. The Balaban J connectivity index is 1.79. The number of hydrogen-bond donors (Lipinski definition) is 2. The summed E-state index contributed by atoms with van der Waals surface area (Å²) in [6.45, 7) is 4.37. The minimum atomic E-state index is -0.788. The fraction of sp³-hybridized carbons (Fsp3) is 0.211. The second kappa shape index (κ2) is 8.62. The van der Waals surface area contributed by atoms with Gasteiger partial charge in [-0.1, -0.05) is 61.0 Å². The van der Waals surface area contributed by atoms with Crippen LogP contribution in [-0.4, -0.2) is 18.0 Å². The molecule has 0 fully saturated rings. The first-order valence-corrected chi connectivity index (χ1v) is 7.84. The molecule has 0 aliphatic heterocycles. The Hall–Kier alpha value is -2.95. The smallest absolute Gasteiger partial charge is 0.329 e. The average Bonchev–Trinajstić information content (AvgIpc) is 2.61. The summed E-state index contributed by atoms with van der Waals surface area (Å²) >= 11 is 0. The summed E-state index contributed by atoms with van der Waals surface area (Å²) in [5.74, 6) is -1.50. The lowest BCUT2D eigenvalue weighted by Crippen LogP contribution is -2.37. The van der Waals surface area contributed by atoms with Crippen molar-refractivity contribution in [3.05, 3.63) is 70.8 Å². The molecule has 5 nitrogen and oxygen atoms in total. The lowest BCUT2D eigenvalue weighted by atomic mass is 10.1. The molecule has 0 saturated carbocycles. The van der Waals surface area contributed by atoms with Crippen LogP contribution in [0.4, 0.5) is 0 Å². The van der Waals surface area contributed by atoms with Crippen molar-refractivity contribution in [2.45, 2.75) is 26.8 Å². The second-order valence-corrected chi connectivity index (χ2v) is 5.46. The lowest BCUT2D eigenvalue weighted by Gasteiger charge is -2.04. The minimum absolute atomic E-state index is 0.300. The number of carbonyl (C=O) groups excluding carboxylic acids is 2. The molecule has 0 aliphatic carbocycles. The van der Waals surface area contributed by atoms with Crippen LogP contribution in [0.15, 0.2) is 53.6 Å². The van der Waals surface area contributed by atoms with Crippen LogP contribution < -0.4 is 10.7 Å². The topological polar surface area (TPSA) is 70.6 Å². The van der Waals surface area contributed by atoms with E-state index in [-0.39, 0.29) is 0 Å². The van der Waals surface area contributed by atoms with Crippen LogP contribution >= 0.6 is 0 Å². The van der Waals surface area contributed by atoms with Gasteiger partial charge in [0.25, 0.3) is 0 Å². The summed E-state index contributed by atoms with van der Waals surface area (Å²) in [4.78, 5) is 23.4. The minimum Gasteiger partial charge on any atom is -0.344 e. The third kappa shape index (κ3) is 5.35. The van der Waals surface area contributed by atoms with E-state index in [2.05, 4.69) is 22.8 Å². The second-order valence-electron chi connectivity index (χ2n) is 5.46. The fourth-order valence-corrected chi connectivity index (χ4v) is 2.02. The normalized spacial score (nSPS) is 10.6. The van der Waals surface area contributed by atoms with Crippen LogP contribution in [0, 0.1) is 6.92 Å². The van der Waals surface area contributed by atoms with Gasteiger partial charge in [0.1, 0.15) is 0 Å². The first-order valence-electron chi connectivity index (χ1n) is 7.84. The summed E-state index contributed by atoms with van der Waals surface area (Å²) in [5, 5.41) is 6.36. The highest BCUT2D eigenvalue weighted by molar-refractivity contribution is 6.35. The third-order valence-corrected chi connectivity index (χ3v) is 3.55. The molecule has 0 saturated heterocycles. The molecule has 2 amide bonds. The molecule has 2 aromatic carbocycles. The molecule has 24 heavy (non-hydrogen) atoms. The van der Waals surface area contributed by atoms with E-state index in [0.717, 1.165) is 23.1 Å². The number of benzene rings is 2. The van der Waals surface area contributed by atoms with Crippen molar-refractivity contribution in [2.24, 2.45) is 5.10 Å². The Bertz CT molecular complexity index is 719. The number of nitrogens with one attached hydrogen (secondary N) is 2. The number of hydrazone groups is 1. The summed E-state index contributed by atoms with van der Waals surface area (Å²) < 4.78 is 0. The van der Waals surface area contributed by atoms with E-state index in [1.54, 1.807) is 0 Å². The van der Waals surface area contributed by atoms with Gasteiger partial charge in [0.05, 0.1) is 6.21 Å². The number of amides is 2. The summed E-state index contributed by atoms with van der Waals surface area (Å²) in [7, 11) is 0. The number of carbonyl (C=O) groups is 2. The van der Waals surface area contributed by atoms with Gasteiger partial charge in [-0.05, 0) is 30.0 Å². The van der Waals surface area contributed by atoms with E-state index in [1.165, 1.54) is 11.8 Å². The molecular weight excluding hydrogens is 302 g/mol. The Kier molecular flexibility index (Phi) is 6.25.